The first-order valence-electron chi connectivity index (χ1n) is 5.75. The zero-order valence-electron chi connectivity index (χ0n) is 11.1. The lowest BCUT2D eigenvalue weighted by molar-refractivity contribution is -0.153. The number of rotatable bonds is 4. The first-order chi connectivity index (χ1) is 8.06. The number of aliphatic carboxylic acids is 1. The third kappa shape index (κ3) is 3.06. The van der Waals surface area contributed by atoms with E-state index in [0.29, 0.717) is 5.56 Å². The van der Waals surface area contributed by atoms with E-state index in [0.717, 1.165) is 5.56 Å². The third-order valence-electron chi connectivity index (χ3n) is 3.02. The lowest BCUT2D eigenvalue weighted by atomic mass is 9.83. The highest BCUT2D eigenvalue weighted by atomic mass is 19.3. The minimum Gasteiger partial charge on any atom is -0.481 e. The number of benzene rings is 1. The van der Waals surface area contributed by atoms with E-state index in [1.54, 1.807) is 19.1 Å². The Bertz CT molecular complexity index is 465. The molecule has 1 aromatic rings. The summed E-state index contributed by atoms with van der Waals surface area (Å²) >= 11 is 0. The van der Waals surface area contributed by atoms with Crippen molar-refractivity contribution in [1.29, 1.82) is 0 Å². The lowest BCUT2D eigenvalue weighted by Gasteiger charge is -2.27. The fraction of sp³-hybridized carbons (Fsp3) is 0.500. The maximum atomic E-state index is 14.1. The second kappa shape index (κ2) is 4.67. The molecule has 0 amide bonds. The van der Waals surface area contributed by atoms with Crippen LogP contribution >= 0.6 is 0 Å². The van der Waals surface area contributed by atoms with Crippen LogP contribution in [0.3, 0.4) is 0 Å². The van der Waals surface area contributed by atoms with Gasteiger partial charge in [0, 0.05) is 12.0 Å². The van der Waals surface area contributed by atoms with Crippen LogP contribution < -0.4 is 0 Å². The molecule has 100 valence electrons. The van der Waals surface area contributed by atoms with Crippen molar-refractivity contribution in [3.05, 3.63) is 34.9 Å². The van der Waals surface area contributed by atoms with Crippen LogP contribution in [0.25, 0.3) is 0 Å². The number of hydrogen-bond donors (Lipinski definition) is 1. The van der Waals surface area contributed by atoms with Crippen LogP contribution in [0.5, 0.6) is 0 Å². The first-order valence-corrected chi connectivity index (χ1v) is 5.75. The van der Waals surface area contributed by atoms with E-state index in [1.165, 1.54) is 19.9 Å². The maximum absolute atomic E-state index is 14.1. The number of alkyl halides is 2. The van der Waals surface area contributed by atoms with Gasteiger partial charge in [-0.1, -0.05) is 23.8 Å². The van der Waals surface area contributed by atoms with Crippen LogP contribution in [0.1, 0.15) is 37.0 Å². The molecule has 1 rings (SSSR count). The predicted molar refractivity (Wildman–Crippen MR) is 65.8 cm³/mol. The standard InChI is InChI=1S/C14H18F2O2/c1-9-5-6-11(10(2)7-9)14(15,16)8-13(3,4)12(17)18/h5-7H,8H2,1-4H3,(H,17,18). The summed E-state index contributed by atoms with van der Waals surface area (Å²) in [6.45, 7) is 6.07. The molecule has 4 heteroatoms. The number of halogens is 2. The van der Waals surface area contributed by atoms with E-state index in [1.807, 2.05) is 6.92 Å². The Morgan fingerprint density at radius 1 is 1.28 bits per heavy atom. The average Bonchev–Trinajstić information content (AvgIpc) is 2.14. The molecule has 0 unspecified atom stereocenters. The van der Waals surface area contributed by atoms with Crippen molar-refractivity contribution in [2.24, 2.45) is 5.41 Å². The van der Waals surface area contributed by atoms with Crippen molar-refractivity contribution in [1.82, 2.24) is 0 Å². The minimum atomic E-state index is -3.14. The molecule has 0 bridgehead atoms. The maximum Gasteiger partial charge on any atom is 0.309 e. The predicted octanol–water partition coefficient (Wildman–Crippen LogP) is 3.90. The molecule has 0 fully saturated rings. The van der Waals surface area contributed by atoms with E-state index >= 15 is 0 Å². The van der Waals surface area contributed by atoms with Gasteiger partial charge in [0.1, 0.15) is 0 Å². The highest BCUT2D eigenvalue weighted by Crippen LogP contribution is 2.41. The monoisotopic (exact) mass is 256 g/mol. The summed E-state index contributed by atoms with van der Waals surface area (Å²) in [5, 5.41) is 8.93. The van der Waals surface area contributed by atoms with Gasteiger partial charge in [0.05, 0.1) is 5.41 Å². The van der Waals surface area contributed by atoms with Gasteiger partial charge in [-0.25, -0.2) is 8.78 Å². The normalized spacial score (nSPS) is 12.6. The largest absolute Gasteiger partial charge is 0.481 e. The van der Waals surface area contributed by atoms with Gasteiger partial charge in [-0.2, -0.15) is 0 Å². The summed E-state index contributed by atoms with van der Waals surface area (Å²) in [6, 6.07) is 4.67. The Morgan fingerprint density at radius 3 is 2.28 bits per heavy atom. The molecule has 0 aliphatic rings. The molecule has 0 aromatic heterocycles. The average molecular weight is 256 g/mol. The zero-order valence-corrected chi connectivity index (χ0v) is 11.1. The molecule has 0 heterocycles. The molecular formula is C14H18F2O2. The molecule has 18 heavy (non-hydrogen) atoms. The van der Waals surface area contributed by atoms with Gasteiger partial charge in [0.15, 0.2) is 0 Å². The van der Waals surface area contributed by atoms with Crippen LogP contribution in [0, 0.1) is 19.3 Å². The summed E-state index contributed by atoms with van der Waals surface area (Å²) < 4.78 is 28.3. The lowest BCUT2D eigenvalue weighted by Crippen LogP contribution is -2.31. The van der Waals surface area contributed by atoms with Gasteiger partial charge in [0.2, 0.25) is 0 Å². The van der Waals surface area contributed by atoms with E-state index in [2.05, 4.69) is 0 Å². The second-order valence-electron chi connectivity index (χ2n) is 5.39. The van der Waals surface area contributed by atoms with Crippen LogP contribution in [0.15, 0.2) is 18.2 Å². The smallest absolute Gasteiger partial charge is 0.309 e. The van der Waals surface area contributed by atoms with Crippen molar-refractivity contribution < 1.29 is 18.7 Å². The molecule has 0 saturated heterocycles. The van der Waals surface area contributed by atoms with Gasteiger partial charge in [-0.15, -0.1) is 0 Å². The van der Waals surface area contributed by atoms with Gasteiger partial charge in [0.25, 0.3) is 5.92 Å². The Balaban J connectivity index is 3.10. The molecule has 0 spiro atoms. The molecule has 0 radical (unpaired) electrons. The van der Waals surface area contributed by atoms with Crippen LogP contribution in [0.2, 0.25) is 0 Å². The van der Waals surface area contributed by atoms with Gasteiger partial charge >= 0.3 is 5.97 Å². The van der Waals surface area contributed by atoms with Crippen LogP contribution in [-0.2, 0) is 10.7 Å². The summed E-state index contributed by atoms with van der Waals surface area (Å²) in [7, 11) is 0. The van der Waals surface area contributed by atoms with Crippen molar-refractivity contribution >= 4 is 5.97 Å². The van der Waals surface area contributed by atoms with E-state index in [-0.39, 0.29) is 5.56 Å². The summed E-state index contributed by atoms with van der Waals surface area (Å²) in [5.74, 6) is -4.36. The van der Waals surface area contributed by atoms with Crippen molar-refractivity contribution in [3.8, 4) is 0 Å². The topological polar surface area (TPSA) is 37.3 Å². The van der Waals surface area contributed by atoms with Crippen molar-refractivity contribution in [2.75, 3.05) is 0 Å². The summed E-state index contributed by atoms with van der Waals surface area (Å²) in [4.78, 5) is 10.9. The highest BCUT2D eigenvalue weighted by molar-refractivity contribution is 5.73. The fourth-order valence-electron chi connectivity index (χ4n) is 1.95. The molecular weight excluding hydrogens is 238 g/mol. The highest BCUT2D eigenvalue weighted by Gasteiger charge is 2.42. The number of carbonyl (C=O) groups is 1. The van der Waals surface area contributed by atoms with Crippen LogP contribution in [0.4, 0.5) is 8.78 Å². The van der Waals surface area contributed by atoms with E-state index in [4.69, 9.17) is 5.11 Å². The third-order valence-corrected chi connectivity index (χ3v) is 3.02. The van der Waals surface area contributed by atoms with Crippen molar-refractivity contribution in [3.63, 3.8) is 0 Å². The molecule has 1 aromatic carbocycles. The Morgan fingerprint density at radius 2 is 1.83 bits per heavy atom. The quantitative estimate of drug-likeness (QED) is 0.887. The zero-order chi connectivity index (χ0) is 14.1. The van der Waals surface area contributed by atoms with Gasteiger partial charge in [-0.3, -0.25) is 4.79 Å². The number of aryl methyl sites for hydroxylation is 2. The molecule has 1 N–H and O–H groups in total. The molecule has 0 aliphatic heterocycles. The molecule has 0 atom stereocenters. The summed E-state index contributed by atoms with van der Waals surface area (Å²) in [5.41, 5.74) is -0.158. The number of carboxylic acids is 1. The van der Waals surface area contributed by atoms with Gasteiger partial charge < -0.3 is 5.11 Å². The molecule has 0 aliphatic carbocycles. The molecule has 2 nitrogen and oxygen atoms in total. The number of hydrogen-bond acceptors (Lipinski definition) is 1. The van der Waals surface area contributed by atoms with E-state index in [9.17, 15) is 13.6 Å². The minimum absolute atomic E-state index is 0.0950. The van der Waals surface area contributed by atoms with Crippen LogP contribution in [-0.4, -0.2) is 11.1 Å². The SMILES string of the molecule is Cc1ccc(C(F)(F)CC(C)(C)C(=O)O)c(C)c1. The number of carboxylic acid groups (broad SMARTS) is 1. The first kappa shape index (κ1) is 14.6. The summed E-state index contributed by atoms with van der Waals surface area (Å²) in [6.07, 6.45) is -0.709. The Hall–Kier alpha value is -1.45. The fourth-order valence-corrected chi connectivity index (χ4v) is 1.95. The van der Waals surface area contributed by atoms with E-state index < -0.39 is 23.7 Å². The second-order valence-corrected chi connectivity index (χ2v) is 5.39. The molecule has 0 saturated carbocycles. The van der Waals surface area contributed by atoms with Crippen molar-refractivity contribution in [2.45, 2.75) is 40.0 Å². The Labute approximate surface area is 106 Å². The van der Waals surface area contributed by atoms with Gasteiger partial charge in [-0.05, 0) is 33.3 Å². The Kier molecular flexibility index (Phi) is 3.79.